The predicted molar refractivity (Wildman–Crippen MR) is 110 cm³/mol. The molecule has 1 aromatic rings. The summed E-state index contributed by atoms with van der Waals surface area (Å²) in [5.74, 6) is 0.294. The largest absolute Gasteiger partial charge is 0.496 e. The number of nitrogens with zero attached hydrogens (tertiary/aromatic N) is 2. The van der Waals surface area contributed by atoms with Crippen molar-refractivity contribution in [1.29, 1.82) is 0 Å². The highest BCUT2D eigenvalue weighted by molar-refractivity contribution is 9.10. The molecule has 1 aromatic carbocycles. The first-order valence-corrected chi connectivity index (χ1v) is 10.3. The summed E-state index contributed by atoms with van der Waals surface area (Å²) in [5, 5.41) is 1.27. The van der Waals surface area contributed by atoms with Gasteiger partial charge >= 0.3 is 0 Å². The minimum Gasteiger partial charge on any atom is -0.496 e. The standard InChI is InChI=1S/C19H27BrN2O2S/c1-6-7-10-22-12-16(19(2,3)4)25-18(22)21-17(23)14-9-8-13(20)11-15(14)24-5/h8-9,11,16H,6-7,10,12H2,1-5H3/b21-18-. The maximum Gasteiger partial charge on any atom is 0.283 e. The second kappa shape index (κ2) is 8.58. The van der Waals surface area contributed by atoms with Crippen LogP contribution >= 0.6 is 27.7 Å². The molecule has 0 saturated carbocycles. The zero-order valence-corrected chi connectivity index (χ0v) is 18.0. The van der Waals surface area contributed by atoms with Crippen LogP contribution in [0, 0.1) is 5.41 Å². The molecule has 0 aromatic heterocycles. The van der Waals surface area contributed by atoms with Crippen LogP contribution in [0.2, 0.25) is 0 Å². The van der Waals surface area contributed by atoms with Gasteiger partial charge in [0.15, 0.2) is 5.17 Å². The van der Waals surface area contributed by atoms with Gasteiger partial charge in [-0.25, -0.2) is 0 Å². The molecule has 1 fully saturated rings. The summed E-state index contributed by atoms with van der Waals surface area (Å²) in [6.07, 6.45) is 2.23. The second-order valence-corrected chi connectivity index (χ2v) is 9.40. The van der Waals surface area contributed by atoms with Gasteiger partial charge in [-0.05, 0) is 30.0 Å². The number of unbranched alkanes of at least 4 members (excludes halogenated alkanes) is 1. The van der Waals surface area contributed by atoms with Crippen molar-refractivity contribution in [3.63, 3.8) is 0 Å². The van der Waals surface area contributed by atoms with Crippen molar-refractivity contribution in [1.82, 2.24) is 4.90 Å². The lowest BCUT2D eigenvalue weighted by atomic mass is 9.91. The minimum absolute atomic E-state index is 0.171. The Morgan fingerprint density at radius 1 is 1.44 bits per heavy atom. The number of carbonyl (C=O) groups excluding carboxylic acids is 1. The Labute approximate surface area is 163 Å². The van der Waals surface area contributed by atoms with Gasteiger partial charge in [-0.1, -0.05) is 61.8 Å². The number of aliphatic imine (C=N–C) groups is 1. The average molecular weight is 427 g/mol. The number of methoxy groups -OCH3 is 1. The van der Waals surface area contributed by atoms with E-state index in [0.717, 1.165) is 35.6 Å². The summed E-state index contributed by atoms with van der Waals surface area (Å²) in [6, 6.07) is 5.39. The predicted octanol–water partition coefficient (Wildman–Crippen LogP) is 5.22. The maximum absolute atomic E-state index is 12.7. The van der Waals surface area contributed by atoms with E-state index in [1.54, 1.807) is 31.0 Å². The van der Waals surface area contributed by atoms with Crippen LogP contribution in [-0.4, -0.2) is 41.4 Å². The molecule has 0 radical (unpaired) electrons. The van der Waals surface area contributed by atoms with Crippen molar-refractivity contribution < 1.29 is 9.53 Å². The summed E-state index contributed by atoms with van der Waals surface area (Å²) in [4.78, 5) is 19.5. The zero-order valence-electron chi connectivity index (χ0n) is 15.6. The lowest BCUT2D eigenvalue weighted by Gasteiger charge is -2.25. The molecule has 0 bridgehead atoms. The third-order valence-electron chi connectivity index (χ3n) is 4.24. The quantitative estimate of drug-likeness (QED) is 0.646. The highest BCUT2D eigenvalue weighted by atomic mass is 79.9. The monoisotopic (exact) mass is 426 g/mol. The van der Waals surface area contributed by atoms with Crippen molar-refractivity contribution in [2.75, 3.05) is 20.2 Å². The highest BCUT2D eigenvalue weighted by Gasteiger charge is 2.36. The lowest BCUT2D eigenvalue weighted by Crippen LogP contribution is -2.31. The summed E-state index contributed by atoms with van der Waals surface area (Å²) in [6.45, 7) is 10.8. The average Bonchev–Trinajstić information content (AvgIpc) is 2.95. The van der Waals surface area contributed by atoms with Crippen LogP contribution in [0.5, 0.6) is 5.75 Å². The van der Waals surface area contributed by atoms with Crippen molar-refractivity contribution in [2.24, 2.45) is 10.4 Å². The van der Waals surface area contributed by atoms with Crippen LogP contribution in [-0.2, 0) is 0 Å². The van der Waals surface area contributed by atoms with E-state index in [4.69, 9.17) is 4.74 Å². The Balaban J connectivity index is 2.27. The molecule has 1 aliphatic rings. The topological polar surface area (TPSA) is 41.9 Å². The third kappa shape index (κ3) is 5.23. The van der Waals surface area contributed by atoms with Gasteiger partial charge in [-0.2, -0.15) is 4.99 Å². The van der Waals surface area contributed by atoms with Gasteiger partial charge in [0.05, 0.1) is 12.7 Å². The number of hydrogen-bond donors (Lipinski definition) is 0. The molecule has 1 heterocycles. The van der Waals surface area contributed by atoms with Crippen LogP contribution in [0.3, 0.4) is 0 Å². The van der Waals surface area contributed by atoms with E-state index in [9.17, 15) is 4.79 Å². The summed E-state index contributed by atoms with van der Waals surface area (Å²) in [5.41, 5.74) is 0.665. The van der Waals surface area contributed by atoms with E-state index in [-0.39, 0.29) is 11.3 Å². The number of hydrogen-bond acceptors (Lipinski definition) is 3. The molecule has 6 heteroatoms. The fraction of sp³-hybridized carbons (Fsp3) is 0.579. The van der Waals surface area contributed by atoms with Crippen molar-refractivity contribution >= 4 is 38.8 Å². The molecule has 0 aliphatic carbocycles. The number of amidine groups is 1. The van der Waals surface area contributed by atoms with Crippen molar-refractivity contribution in [3.05, 3.63) is 28.2 Å². The first-order valence-electron chi connectivity index (χ1n) is 8.64. The first-order chi connectivity index (χ1) is 11.8. The molecule has 1 atom stereocenters. The fourth-order valence-electron chi connectivity index (χ4n) is 2.59. The smallest absolute Gasteiger partial charge is 0.283 e. The molecule has 2 rings (SSSR count). The molecule has 1 aliphatic heterocycles. The van der Waals surface area contributed by atoms with E-state index in [1.807, 2.05) is 6.07 Å². The number of amides is 1. The van der Waals surface area contributed by atoms with E-state index in [0.29, 0.717) is 16.6 Å². The Morgan fingerprint density at radius 2 is 2.16 bits per heavy atom. The number of thioether (sulfide) groups is 1. The molecule has 4 nitrogen and oxygen atoms in total. The normalized spacial score (nSPS) is 19.5. The zero-order chi connectivity index (χ0) is 18.6. The molecule has 1 saturated heterocycles. The van der Waals surface area contributed by atoms with Gasteiger partial charge in [0.2, 0.25) is 0 Å². The number of rotatable bonds is 5. The summed E-state index contributed by atoms with van der Waals surface area (Å²) < 4.78 is 6.21. The van der Waals surface area contributed by atoms with Crippen LogP contribution in [0.4, 0.5) is 0 Å². The lowest BCUT2D eigenvalue weighted by molar-refractivity contribution is 0.0999. The van der Waals surface area contributed by atoms with Crippen molar-refractivity contribution in [2.45, 2.75) is 45.8 Å². The number of benzene rings is 1. The molecule has 0 N–H and O–H groups in total. The Bertz CT molecular complexity index is 655. The van der Waals surface area contributed by atoms with Crippen LogP contribution in [0.25, 0.3) is 0 Å². The van der Waals surface area contributed by atoms with Gasteiger partial charge < -0.3 is 9.64 Å². The fourth-order valence-corrected chi connectivity index (χ4v) is 4.24. The van der Waals surface area contributed by atoms with Gasteiger partial charge in [0.25, 0.3) is 5.91 Å². The number of carbonyl (C=O) groups is 1. The van der Waals surface area contributed by atoms with Gasteiger partial charge in [-0.15, -0.1) is 0 Å². The molecular formula is C19H27BrN2O2S. The number of ether oxygens (including phenoxy) is 1. The third-order valence-corrected chi connectivity index (χ3v) is 6.44. The number of halogens is 1. The molecule has 138 valence electrons. The van der Waals surface area contributed by atoms with Gasteiger partial charge in [0, 0.05) is 22.8 Å². The van der Waals surface area contributed by atoms with E-state index in [2.05, 4.69) is 53.5 Å². The Hall–Kier alpha value is -1.01. The second-order valence-electron chi connectivity index (χ2n) is 7.32. The van der Waals surface area contributed by atoms with E-state index < -0.39 is 0 Å². The van der Waals surface area contributed by atoms with E-state index >= 15 is 0 Å². The van der Waals surface area contributed by atoms with E-state index in [1.165, 1.54) is 0 Å². The van der Waals surface area contributed by atoms with Crippen molar-refractivity contribution in [3.8, 4) is 5.75 Å². The highest BCUT2D eigenvalue weighted by Crippen LogP contribution is 2.38. The summed E-state index contributed by atoms with van der Waals surface area (Å²) in [7, 11) is 1.57. The summed E-state index contributed by atoms with van der Waals surface area (Å²) >= 11 is 5.12. The molecule has 0 spiro atoms. The maximum atomic E-state index is 12.7. The molecule has 1 unspecified atom stereocenters. The SMILES string of the molecule is CCCCN1CC(C(C)(C)C)S/C1=N\C(=O)c1ccc(Br)cc1OC. The molecular weight excluding hydrogens is 400 g/mol. The molecule has 1 amide bonds. The molecule has 25 heavy (non-hydrogen) atoms. The van der Waals surface area contributed by atoms with Gasteiger partial charge in [-0.3, -0.25) is 4.79 Å². The van der Waals surface area contributed by atoms with Crippen LogP contribution in [0.15, 0.2) is 27.7 Å². The Morgan fingerprint density at radius 3 is 2.76 bits per heavy atom. The van der Waals surface area contributed by atoms with Crippen LogP contribution in [0.1, 0.15) is 50.9 Å². The van der Waals surface area contributed by atoms with Crippen LogP contribution < -0.4 is 4.74 Å². The van der Waals surface area contributed by atoms with Gasteiger partial charge in [0.1, 0.15) is 5.75 Å². The Kier molecular flexibility index (Phi) is 6.97. The first kappa shape index (κ1) is 20.3. The minimum atomic E-state index is -0.247.